The topological polar surface area (TPSA) is 131 Å². The van der Waals surface area contributed by atoms with Gasteiger partial charge in [-0.25, -0.2) is 13.2 Å². The van der Waals surface area contributed by atoms with Crippen molar-refractivity contribution in [3.8, 4) is 0 Å². The largest absolute Gasteiger partial charge is 0.454 e. The monoisotopic (exact) mass is 491 g/mol. The van der Waals surface area contributed by atoms with E-state index < -0.39 is 34.5 Å². The molecule has 0 aliphatic carbocycles. The van der Waals surface area contributed by atoms with Gasteiger partial charge in [0.1, 0.15) is 11.9 Å². The van der Waals surface area contributed by atoms with E-state index in [1.807, 2.05) is 0 Å². The van der Waals surface area contributed by atoms with Gasteiger partial charge in [-0.15, -0.1) is 0 Å². The molecule has 0 saturated heterocycles. The molecule has 0 aromatic heterocycles. The maximum absolute atomic E-state index is 12.8. The SMILES string of the molecule is C[C@H](N=C1NS(=O)(=O)c2ccccc21)C(=O)OCC(=O)Nc1ccccc1C(=O)c1ccccc1. The average Bonchev–Trinajstić information content (AvgIpc) is 3.12. The molecule has 2 N–H and O–H groups in total. The average molecular weight is 492 g/mol. The van der Waals surface area contributed by atoms with Gasteiger partial charge in [-0.1, -0.05) is 54.6 Å². The van der Waals surface area contributed by atoms with Crippen LogP contribution in [0, 0.1) is 0 Å². The Morgan fingerprint density at radius 3 is 2.37 bits per heavy atom. The molecule has 0 radical (unpaired) electrons. The first-order valence-electron chi connectivity index (χ1n) is 10.6. The third-order valence-corrected chi connectivity index (χ3v) is 6.55. The number of carbonyl (C=O) groups excluding carboxylic acids is 3. The number of sulfonamides is 1. The highest BCUT2D eigenvalue weighted by atomic mass is 32.2. The number of para-hydroxylation sites is 1. The molecular formula is C25H21N3O6S. The van der Waals surface area contributed by atoms with E-state index in [4.69, 9.17) is 4.74 Å². The summed E-state index contributed by atoms with van der Waals surface area (Å²) in [7, 11) is -3.74. The molecule has 4 rings (SSSR count). The smallest absolute Gasteiger partial charge is 0.331 e. The molecule has 1 aliphatic rings. The fourth-order valence-electron chi connectivity index (χ4n) is 3.45. The molecule has 1 heterocycles. The standard InChI is InChI=1S/C25H21N3O6S/c1-16(26-24-19-12-6-8-14-21(19)35(32,33)28-24)25(31)34-15-22(29)27-20-13-7-5-11-18(20)23(30)17-9-3-2-4-10-17/h2-14,16H,15H2,1H3,(H,26,28)(H,27,29)/t16-/m0/s1. The van der Waals surface area contributed by atoms with Crippen LogP contribution in [-0.4, -0.2) is 44.6 Å². The molecule has 0 fully saturated rings. The molecule has 178 valence electrons. The van der Waals surface area contributed by atoms with Gasteiger partial charge < -0.3 is 10.1 Å². The number of hydrogen-bond donors (Lipinski definition) is 2. The number of hydrogen-bond acceptors (Lipinski definition) is 7. The number of carbonyl (C=O) groups is 3. The number of aliphatic imine (C=N–C) groups is 1. The van der Waals surface area contributed by atoms with Crippen molar-refractivity contribution in [2.24, 2.45) is 4.99 Å². The quantitative estimate of drug-likeness (QED) is 0.386. The van der Waals surface area contributed by atoms with Crippen molar-refractivity contribution in [3.63, 3.8) is 0 Å². The second kappa shape index (κ2) is 9.90. The number of nitrogens with one attached hydrogen (secondary N) is 2. The second-order valence-electron chi connectivity index (χ2n) is 7.65. The van der Waals surface area contributed by atoms with Crippen LogP contribution in [0.3, 0.4) is 0 Å². The molecule has 0 unspecified atom stereocenters. The van der Waals surface area contributed by atoms with Crippen molar-refractivity contribution in [1.29, 1.82) is 0 Å². The highest BCUT2D eigenvalue weighted by molar-refractivity contribution is 7.90. The zero-order valence-corrected chi connectivity index (χ0v) is 19.4. The third kappa shape index (κ3) is 5.28. The summed E-state index contributed by atoms with van der Waals surface area (Å²) in [5, 5.41) is 2.59. The lowest BCUT2D eigenvalue weighted by Crippen LogP contribution is -2.29. The number of nitrogens with zero attached hydrogens (tertiary/aromatic N) is 1. The van der Waals surface area contributed by atoms with Crippen LogP contribution in [-0.2, 0) is 24.3 Å². The maximum atomic E-state index is 12.8. The molecule has 1 aliphatic heterocycles. The van der Waals surface area contributed by atoms with E-state index in [0.29, 0.717) is 16.7 Å². The Morgan fingerprint density at radius 2 is 1.60 bits per heavy atom. The minimum Gasteiger partial charge on any atom is -0.454 e. The van der Waals surface area contributed by atoms with Gasteiger partial charge in [-0.2, -0.15) is 0 Å². The lowest BCUT2D eigenvalue weighted by molar-refractivity contribution is -0.148. The van der Waals surface area contributed by atoms with Gasteiger partial charge >= 0.3 is 5.97 Å². The summed E-state index contributed by atoms with van der Waals surface area (Å²) in [5.74, 6) is -1.69. The number of amidine groups is 1. The van der Waals surface area contributed by atoms with E-state index in [0.717, 1.165) is 0 Å². The summed E-state index contributed by atoms with van der Waals surface area (Å²) in [6.07, 6.45) is 0. The van der Waals surface area contributed by atoms with Crippen molar-refractivity contribution in [2.75, 3.05) is 11.9 Å². The Morgan fingerprint density at radius 1 is 0.943 bits per heavy atom. The first-order valence-corrected chi connectivity index (χ1v) is 12.1. The lowest BCUT2D eigenvalue weighted by atomic mass is 10.0. The lowest BCUT2D eigenvalue weighted by Gasteiger charge is -2.12. The summed E-state index contributed by atoms with van der Waals surface area (Å²) in [6, 6.07) is 20.3. The fourth-order valence-corrected chi connectivity index (χ4v) is 4.69. The fraction of sp³-hybridized carbons (Fsp3) is 0.120. The number of anilines is 1. The molecule has 3 aromatic rings. The first kappa shape index (κ1) is 23.8. The third-order valence-electron chi connectivity index (χ3n) is 5.15. The van der Waals surface area contributed by atoms with Crippen molar-refractivity contribution in [2.45, 2.75) is 17.9 Å². The Labute approximate surface area is 201 Å². The van der Waals surface area contributed by atoms with Crippen LogP contribution in [0.25, 0.3) is 0 Å². The van der Waals surface area contributed by atoms with Gasteiger partial charge in [0.2, 0.25) is 0 Å². The molecular weight excluding hydrogens is 470 g/mol. The summed E-state index contributed by atoms with van der Waals surface area (Å²) in [6.45, 7) is 0.820. The van der Waals surface area contributed by atoms with Gasteiger partial charge in [0, 0.05) is 16.7 Å². The molecule has 1 atom stereocenters. The van der Waals surface area contributed by atoms with Crippen LogP contribution < -0.4 is 10.0 Å². The van der Waals surface area contributed by atoms with Crippen LogP contribution >= 0.6 is 0 Å². The second-order valence-corrected chi connectivity index (χ2v) is 9.30. The van der Waals surface area contributed by atoms with Crippen LogP contribution in [0.15, 0.2) is 88.8 Å². The summed E-state index contributed by atoms with van der Waals surface area (Å²) >= 11 is 0. The van der Waals surface area contributed by atoms with Gasteiger partial charge in [0.05, 0.1) is 10.6 Å². The van der Waals surface area contributed by atoms with Crippen LogP contribution in [0.2, 0.25) is 0 Å². The number of rotatable bonds is 7. The highest BCUT2D eigenvalue weighted by Crippen LogP contribution is 2.23. The van der Waals surface area contributed by atoms with E-state index in [-0.39, 0.29) is 22.2 Å². The van der Waals surface area contributed by atoms with Gasteiger partial charge in [0.25, 0.3) is 15.9 Å². The molecule has 1 amide bonds. The number of benzene rings is 3. The number of ether oxygens (including phenoxy) is 1. The van der Waals surface area contributed by atoms with E-state index in [2.05, 4.69) is 15.0 Å². The number of fused-ring (bicyclic) bond motifs is 1. The number of esters is 1. The van der Waals surface area contributed by atoms with E-state index in [1.165, 1.54) is 13.0 Å². The minimum absolute atomic E-state index is 0.0304. The van der Waals surface area contributed by atoms with E-state index in [1.54, 1.807) is 72.8 Å². The zero-order chi connectivity index (χ0) is 25.0. The predicted octanol–water partition coefficient (Wildman–Crippen LogP) is 2.53. The van der Waals surface area contributed by atoms with Gasteiger partial charge in [0.15, 0.2) is 12.4 Å². The van der Waals surface area contributed by atoms with Crippen molar-refractivity contribution >= 4 is 39.2 Å². The Balaban J connectivity index is 1.39. The molecule has 35 heavy (non-hydrogen) atoms. The van der Waals surface area contributed by atoms with Crippen molar-refractivity contribution < 1.29 is 27.5 Å². The van der Waals surface area contributed by atoms with E-state index in [9.17, 15) is 22.8 Å². The number of ketones is 1. The Bertz CT molecular complexity index is 1430. The van der Waals surface area contributed by atoms with Crippen LogP contribution in [0.4, 0.5) is 5.69 Å². The molecule has 0 saturated carbocycles. The summed E-state index contributed by atoms with van der Waals surface area (Å²) in [5.41, 5.74) is 1.40. The predicted molar refractivity (Wildman–Crippen MR) is 129 cm³/mol. The van der Waals surface area contributed by atoms with Crippen molar-refractivity contribution in [1.82, 2.24) is 4.72 Å². The van der Waals surface area contributed by atoms with Crippen molar-refractivity contribution in [3.05, 3.63) is 95.6 Å². The Hall–Kier alpha value is -4.31. The molecule has 0 spiro atoms. The molecule has 9 nitrogen and oxygen atoms in total. The van der Waals surface area contributed by atoms with Gasteiger partial charge in [-0.05, 0) is 31.2 Å². The molecule has 0 bridgehead atoms. The normalized spacial score (nSPS) is 15.5. The first-order chi connectivity index (χ1) is 16.8. The van der Waals surface area contributed by atoms with Crippen LogP contribution in [0.5, 0.6) is 0 Å². The molecule has 10 heteroatoms. The summed E-state index contributed by atoms with van der Waals surface area (Å²) < 4.78 is 31.7. The maximum Gasteiger partial charge on any atom is 0.331 e. The van der Waals surface area contributed by atoms with Crippen LogP contribution in [0.1, 0.15) is 28.4 Å². The summed E-state index contributed by atoms with van der Waals surface area (Å²) in [4.78, 5) is 41.8. The molecule has 3 aromatic carbocycles. The highest BCUT2D eigenvalue weighted by Gasteiger charge is 2.31. The zero-order valence-electron chi connectivity index (χ0n) is 18.6. The van der Waals surface area contributed by atoms with E-state index >= 15 is 0 Å². The van der Waals surface area contributed by atoms with Gasteiger partial charge in [-0.3, -0.25) is 19.3 Å². The minimum atomic E-state index is -3.74. The number of amides is 1. The Kier molecular flexibility index (Phi) is 6.74.